The van der Waals surface area contributed by atoms with Gasteiger partial charge in [0.1, 0.15) is 0 Å². The second kappa shape index (κ2) is 7.39. The molecular weight excluding hydrogens is 231 g/mol. The van der Waals surface area contributed by atoms with Crippen molar-refractivity contribution in [2.75, 3.05) is 32.8 Å². The van der Waals surface area contributed by atoms with Gasteiger partial charge in [-0.3, -0.25) is 4.90 Å². The Labute approximate surface area is 99.3 Å². The number of aliphatic hydroxyl groups excluding tert-OH is 1. The van der Waals surface area contributed by atoms with Crippen molar-refractivity contribution >= 4 is 0 Å². The molecule has 1 atom stereocenters. The van der Waals surface area contributed by atoms with Crippen LogP contribution in [0.5, 0.6) is 0 Å². The standard InChI is InChI=1S/C8H17NO2.Y/c1-8-7-9(3-2-5-10)4-6-11-8;/h8,10H,2-7H2,1H3;. The number of nitrogens with zero attached hydrogens (tertiary/aromatic N) is 1. The molecule has 0 bridgehead atoms. The van der Waals surface area contributed by atoms with E-state index in [1.54, 1.807) is 0 Å². The summed E-state index contributed by atoms with van der Waals surface area (Å²) in [5.74, 6) is 0. The second-order valence-corrected chi connectivity index (χ2v) is 3.06. The first-order chi connectivity index (χ1) is 5.33. The molecule has 0 aromatic heterocycles. The normalized spacial score (nSPS) is 25.0. The van der Waals surface area contributed by atoms with E-state index >= 15 is 0 Å². The molecule has 4 heteroatoms. The summed E-state index contributed by atoms with van der Waals surface area (Å²) < 4.78 is 5.38. The molecule has 3 nitrogen and oxygen atoms in total. The minimum atomic E-state index is 0. The molecule has 69 valence electrons. The fourth-order valence-corrected chi connectivity index (χ4v) is 1.39. The Balaban J connectivity index is 0.00000121. The first-order valence-corrected chi connectivity index (χ1v) is 4.27. The van der Waals surface area contributed by atoms with Crippen LogP contribution in [0.2, 0.25) is 0 Å². The van der Waals surface area contributed by atoms with E-state index in [0.29, 0.717) is 12.7 Å². The third kappa shape index (κ3) is 4.88. The van der Waals surface area contributed by atoms with Crippen LogP contribution < -0.4 is 0 Å². The van der Waals surface area contributed by atoms with Crippen LogP contribution in [0.3, 0.4) is 0 Å². The quantitative estimate of drug-likeness (QED) is 0.768. The third-order valence-corrected chi connectivity index (χ3v) is 1.96. The molecule has 1 fully saturated rings. The van der Waals surface area contributed by atoms with Crippen molar-refractivity contribution in [3.05, 3.63) is 0 Å². The van der Waals surface area contributed by atoms with Gasteiger partial charge in [-0.2, -0.15) is 0 Å². The number of ether oxygens (including phenoxy) is 1. The molecule has 12 heavy (non-hydrogen) atoms. The van der Waals surface area contributed by atoms with Crippen molar-refractivity contribution in [1.29, 1.82) is 0 Å². The molecule has 0 saturated carbocycles. The largest absolute Gasteiger partial charge is 0.396 e. The molecule has 1 aliphatic rings. The molecule has 0 amide bonds. The Morgan fingerprint density at radius 2 is 2.33 bits per heavy atom. The summed E-state index contributed by atoms with van der Waals surface area (Å²) in [5.41, 5.74) is 0. The van der Waals surface area contributed by atoms with Gasteiger partial charge in [-0.1, -0.05) is 0 Å². The van der Waals surface area contributed by atoms with Crippen molar-refractivity contribution in [2.24, 2.45) is 0 Å². The van der Waals surface area contributed by atoms with Crippen molar-refractivity contribution < 1.29 is 42.6 Å². The van der Waals surface area contributed by atoms with Crippen molar-refractivity contribution in [3.63, 3.8) is 0 Å². The zero-order valence-corrected chi connectivity index (χ0v) is 10.5. The molecular formula is C8H17NO2Y. The van der Waals surface area contributed by atoms with Gasteiger partial charge >= 0.3 is 0 Å². The number of morpholine rings is 1. The van der Waals surface area contributed by atoms with Gasteiger partial charge in [-0.25, -0.2) is 0 Å². The van der Waals surface area contributed by atoms with Gasteiger partial charge in [0.2, 0.25) is 0 Å². The number of rotatable bonds is 3. The molecule has 1 N–H and O–H groups in total. The maximum absolute atomic E-state index is 8.60. The van der Waals surface area contributed by atoms with Crippen LogP contribution in [0.15, 0.2) is 0 Å². The van der Waals surface area contributed by atoms with E-state index in [2.05, 4.69) is 11.8 Å². The van der Waals surface area contributed by atoms with Gasteiger partial charge in [-0.15, -0.1) is 0 Å². The number of hydrogen-bond acceptors (Lipinski definition) is 3. The predicted molar refractivity (Wildman–Crippen MR) is 43.6 cm³/mol. The van der Waals surface area contributed by atoms with Crippen LogP contribution in [0, 0.1) is 0 Å². The van der Waals surface area contributed by atoms with Gasteiger partial charge in [0.05, 0.1) is 12.7 Å². The van der Waals surface area contributed by atoms with Crippen LogP contribution >= 0.6 is 0 Å². The average molecular weight is 248 g/mol. The van der Waals surface area contributed by atoms with Gasteiger partial charge in [0.25, 0.3) is 0 Å². The molecule has 1 saturated heterocycles. The summed E-state index contributed by atoms with van der Waals surface area (Å²) in [6, 6.07) is 0. The summed E-state index contributed by atoms with van der Waals surface area (Å²) in [6.07, 6.45) is 1.25. The molecule has 1 aliphatic heterocycles. The Hall–Kier alpha value is 0.984. The van der Waals surface area contributed by atoms with Crippen molar-refractivity contribution in [2.45, 2.75) is 19.4 Å². The average Bonchev–Trinajstić information content (AvgIpc) is 2.01. The Bertz CT molecular complexity index is 113. The van der Waals surface area contributed by atoms with E-state index in [-0.39, 0.29) is 32.7 Å². The number of aliphatic hydroxyl groups is 1. The molecule has 0 spiro atoms. The summed E-state index contributed by atoms with van der Waals surface area (Å²) in [7, 11) is 0. The van der Waals surface area contributed by atoms with E-state index in [4.69, 9.17) is 9.84 Å². The molecule has 1 radical (unpaired) electrons. The van der Waals surface area contributed by atoms with E-state index in [0.717, 1.165) is 32.7 Å². The van der Waals surface area contributed by atoms with Crippen LogP contribution in [0.4, 0.5) is 0 Å². The summed E-state index contributed by atoms with van der Waals surface area (Å²) in [6.45, 7) is 6.26. The first kappa shape index (κ1) is 13.0. The zero-order chi connectivity index (χ0) is 8.10. The SMILES string of the molecule is CC1CN(CCCO)CCO1.[Y]. The van der Waals surface area contributed by atoms with Crippen LogP contribution in [-0.2, 0) is 37.4 Å². The van der Waals surface area contributed by atoms with Crippen molar-refractivity contribution in [3.8, 4) is 0 Å². The monoisotopic (exact) mass is 248 g/mol. The molecule has 0 aromatic carbocycles. The van der Waals surface area contributed by atoms with E-state index in [1.807, 2.05) is 0 Å². The van der Waals surface area contributed by atoms with E-state index in [9.17, 15) is 0 Å². The zero-order valence-electron chi connectivity index (χ0n) is 7.70. The fraction of sp³-hybridized carbons (Fsp3) is 1.00. The second-order valence-electron chi connectivity index (χ2n) is 3.06. The Morgan fingerprint density at radius 1 is 1.58 bits per heavy atom. The summed E-state index contributed by atoms with van der Waals surface area (Å²) in [4.78, 5) is 2.34. The van der Waals surface area contributed by atoms with E-state index in [1.165, 1.54) is 0 Å². The van der Waals surface area contributed by atoms with Gasteiger partial charge in [0, 0.05) is 59.0 Å². The molecule has 0 aliphatic carbocycles. The predicted octanol–water partition coefficient (Wildman–Crippen LogP) is 0.0870. The van der Waals surface area contributed by atoms with Crippen LogP contribution in [-0.4, -0.2) is 49.0 Å². The summed E-state index contributed by atoms with van der Waals surface area (Å²) >= 11 is 0. The maximum atomic E-state index is 8.60. The molecule has 1 unspecified atom stereocenters. The maximum Gasteiger partial charge on any atom is 0.0674 e. The minimum absolute atomic E-state index is 0. The first-order valence-electron chi connectivity index (χ1n) is 4.27. The smallest absolute Gasteiger partial charge is 0.0674 e. The molecule has 1 rings (SSSR count). The van der Waals surface area contributed by atoms with Crippen LogP contribution in [0.1, 0.15) is 13.3 Å². The fourth-order valence-electron chi connectivity index (χ4n) is 1.39. The Morgan fingerprint density at radius 3 is 2.92 bits per heavy atom. The Kier molecular flexibility index (Phi) is 8.00. The van der Waals surface area contributed by atoms with Gasteiger partial charge in [-0.05, 0) is 13.3 Å². The third-order valence-electron chi connectivity index (χ3n) is 1.96. The minimum Gasteiger partial charge on any atom is -0.396 e. The van der Waals surface area contributed by atoms with Gasteiger partial charge < -0.3 is 9.84 Å². The number of hydrogen-bond donors (Lipinski definition) is 1. The van der Waals surface area contributed by atoms with E-state index < -0.39 is 0 Å². The van der Waals surface area contributed by atoms with Crippen LogP contribution in [0.25, 0.3) is 0 Å². The topological polar surface area (TPSA) is 32.7 Å². The van der Waals surface area contributed by atoms with Gasteiger partial charge in [0.15, 0.2) is 0 Å². The van der Waals surface area contributed by atoms with Crippen molar-refractivity contribution in [1.82, 2.24) is 4.90 Å². The molecule has 0 aromatic rings. The summed E-state index contributed by atoms with van der Waals surface area (Å²) in [5, 5.41) is 8.60. The molecule has 1 heterocycles.